The first-order chi connectivity index (χ1) is 14.9. The summed E-state index contributed by atoms with van der Waals surface area (Å²) in [7, 11) is 2.02. The molecule has 0 spiro atoms. The van der Waals surface area contributed by atoms with Crippen molar-refractivity contribution in [2.24, 2.45) is 0 Å². The number of phenolic OH excluding ortho intramolecular Hbond substituents is 1. The first-order valence-electron chi connectivity index (χ1n) is 11.0. The number of allylic oxidation sites excluding steroid dienone is 1. The largest absolute Gasteiger partial charge is 0.507 e. The molecule has 0 fully saturated rings. The van der Waals surface area contributed by atoms with Gasteiger partial charge in [0.05, 0.1) is 11.1 Å². The van der Waals surface area contributed by atoms with Crippen LogP contribution in [0.2, 0.25) is 0 Å². The summed E-state index contributed by atoms with van der Waals surface area (Å²) in [5.74, 6) is 0.853. The molecule has 0 saturated carbocycles. The van der Waals surface area contributed by atoms with Gasteiger partial charge >= 0.3 is 0 Å². The Morgan fingerprint density at radius 3 is 2.74 bits per heavy atom. The molecule has 0 radical (unpaired) electrons. The van der Waals surface area contributed by atoms with Crippen molar-refractivity contribution in [3.05, 3.63) is 64.5 Å². The average molecular weight is 419 g/mol. The second kappa shape index (κ2) is 8.60. The van der Waals surface area contributed by atoms with Crippen LogP contribution in [0, 0.1) is 6.92 Å². The van der Waals surface area contributed by atoms with E-state index in [1.165, 1.54) is 0 Å². The maximum atomic E-state index is 13.3. The predicted octanol–water partition coefficient (Wildman–Crippen LogP) is 5.52. The van der Waals surface area contributed by atoms with E-state index in [0.717, 1.165) is 48.0 Å². The number of aromatic hydroxyl groups is 1. The third-order valence-corrected chi connectivity index (χ3v) is 5.99. The Kier molecular flexibility index (Phi) is 5.88. The van der Waals surface area contributed by atoms with Crippen molar-refractivity contribution >= 4 is 22.8 Å². The van der Waals surface area contributed by atoms with Gasteiger partial charge in [-0.05, 0) is 57.6 Å². The number of aryl methyl sites for hydroxylation is 2. The zero-order chi connectivity index (χ0) is 22.1. The third-order valence-electron chi connectivity index (χ3n) is 5.99. The summed E-state index contributed by atoms with van der Waals surface area (Å²) in [6.07, 6.45) is 6.08. The van der Waals surface area contributed by atoms with Crippen LogP contribution in [0.5, 0.6) is 11.5 Å². The number of rotatable bonds is 7. The highest BCUT2D eigenvalue weighted by Crippen LogP contribution is 2.42. The van der Waals surface area contributed by atoms with E-state index in [2.05, 4.69) is 41.6 Å². The van der Waals surface area contributed by atoms with E-state index >= 15 is 0 Å². The Labute approximate surface area is 183 Å². The first kappa shape index (κ1) is 21.2. The van der Waals surface area contributed by atoms with Crippen molar-refractivity contribution in [2.75, 3.05) is 13.6 Å². The van der Waals surface area contributed by atoms with Gasteiger partial charge in [-0.2, -0.15) is 0 Å². The minimum atomic E-state index is -0.127. The molecule has 5 nitrogen and oxygen atoms in total. The number of fused-ring (bicyclic) bond motifs is 2. The van der Waals surface area contributed by atoms with Crippen LogP contribution < -0.4 is 4.74 Å². The van der Waals surface area contributed by atoms with Crippen LogP contribution in [0.25, 0.3) is 17.0 Å². The van der Waals surface area contributed by atoms with Gasteiger partial charge in [-0.25, -0.2) is 0 Å². The zero-order valence-corrected chi connectivity index (χ0v) is 18.7. The minimum Gasteiger partial charge on any atom is -0.507 e. The fourth-order valence-electron chi connectivity index (χ4n) is 4.30. The smallest absolute Gasteiger partial charge is 0.232 e. The van der Waals surface area contributed by atoms with Crippen molar-refractivity contribution in [1.29, 1.82) is 0 Å². The molecule has 0 aliphatic carbocycles. The van der Waals surface area contributed by atoms with Gasteiger partial charge in [0, 0.05) is 35.8 Å². The lowest BCUT2D eigenvalue weighted by Gasteiger charge is -2.19. The molecule has 162 valence electrons. The monoisotopic (exact) mass is 418 g/mol. The van der Waals surface area contributed by atoms with E-state index in [1.54, 1.807) is 6.07 Å². The Balaban J connectivity index is 1.74. The third kappa shape index (κ3) is 3.86. The minimum absolute atomic E-state index is 0.127. The van der Waals surface area contributed by atoms with Crippen LogP contribution in [0.4, 0.5) is 0 Å². The number of nitrogens with zero attached hydrogens (tertiary/aromatic N) is 2. The number of hydrogen-bond donors (Lipinski definition) is 1. The molecule has 0 atom stereocenters. The topological polar surface area (TPSA) is 54.7 Å². The number of ketones is 1. The van der Waals surface area contributed by atoms with Crippen LogP contribution in [-0.2, 0) is 13.1 Å². The molecular formula is C26H30N2O3. The summed E-state index contributed by atoms with van der Waals surface area (Å²) in [4.78, 5) is 15.4. The summed E-state index contributed by atoms with van der Waals surface area (Å²) < 4.78 is 8.29. The van der Waals surface area contributed by atoms with Gasteiger partial charge in [0.15, 0.2) is 5.76 Å². The second-order valence-electron chi connectivity index (χ2n) is 8.31. The van der Waals surface area contributed by atoms with E-state index < -0.39 is 0 Å². The Morgan fingerprint density at radius 1 is 1.23 bits per heavy atom. The van der Waals surface area contributed by atoms with Crippen LogP contribution in [0.15, 0.2) is 42.3 Å². The number of phenols is 1. The number of aromatic nitrogens is 1. The maximum absolute atomic E-state index is 13.3. The van der Waals surface area contributed by atoms with Crippen LogP contribution in [0.3, 0.4) is 0 Å². The van der Waals surface area contributed by atoms with Crippen molar-refractivity contribution in [3.63, 3.8) is 0 Å². The number of unbranched alkanes of at least 4 members (excludes halogenated alkanes) is 1. The average Bonchev–Trinajstić information content (AvgIpc) is 3.28. The molecule has 31 heavy (non-hydrogen) atoms. The molecule has 0 amide bonds. The summed E-state index contributed by atoms with van der Waals surface area (Å²) in [6.45, 7) is 8.40. The van der Waals surface area contributed by atoms with E-state index in [1.807, 2.05) is 32.2 Å². The molecule has 2 heterocycles. The molecule has 0 unspecified atom stereocenters. The maximum Gasteiger partial charge on any atom is 0.232 e. The summed E-state index contributed by atoms with van der Waals surface area (Å²) >= 11 is 0. The molecule has 2 aromatic carbocycles. The predicted molar refractivity (Wildman–Crippen MR) is 125 cm³/mol. The number of hydrogen-bond acceptors (Lipinski definition) is 4. The highest BCUT2D eigenvalue weighted by atomic mass is 16.5. The highest BCUT2D eigenvalue weighted by Gasteiger charge is 2.33. The number of Topliss-reactive ketones (excluding diaryl/α,β-unsaturated/α-hetero) is 1. The Morgan fingerprint density at radius 2 is 2.00 bits per heavy atom. The van der Waals surface area contributed by atoms with Gasteiger partial charge in [-0.15, -0.1) is 0 Å². The molecular weight excluding hydrogens is 388 g/mol. The molecule has 5 heteroatoms. The summed E-state index contributed by atoms with van der Waals surface area (Å²) in [6, 6.07) is 9.84. The molecule has 3 aromatic rings. The molecule has 1 N–H and O–H groups in total. The van der Waals surface area contributed by atoms with E-state index in [-0.39, 0.29) is 11.5 Å². The number of benzene rings is 2. The van der Waals surface area contributed by atoms with Crippen LogP contribution in [0.1, 0.15) is 53.7 Å². The van der Waals surface area contributed by atoms with Gasteiger partial charge in [-0.3, -0.25) is 4.79 Å². The lowest BCUT2D eigenvalue weighted by atomic mass is 9.99. The van der Waals surface area contributed by atoms with E-state index in [0.29, 0.717) is 29.2 Å². The van der Waals surface area contributed by atoms with Crippen molar-refractivity contribution in [3.8, 4) is 11.5 Å². The van der Waals surface area contributed by atoms with Gasteiger partial charge in [0.25, 0.3) is 0 Å². The molecule has 1 aromatic heterocycles. The fourth-order valence-corrected chi connectivity index (χ4v) is 4.30. The van der Waals surface area contributed by atoms with E-state index in [9.17, 15) is 9.90 Å². The quantitative estimate of drug-likeness (QED) is 0.513. The van der Waals surface area contributed by atoms with Crippen molar-refractivity contribution in [2.45, 2.75) is 46.7 Å². The number of carbonyl (C=O) groups is 1. The SMILES string of the molecule is CCCCN(C)Cc1c(O)cc(C)c2c1O/C(=C/c1cn(CC)c3ccccc13)C2=O. The standard InChI is InChI=1S/C26H30N2O3/c1-5-7-12-27(4)16-20-22(29)13-17(3)24-25(30)23(31-26(20)24)14-18-15-28(6-2)21-11-9-8-10-19(18)21/h8-11,13-15,29H,5-7,12,16H2,1-4H3/b23-14+. The summed E-state index contributed by atoms with van der Waals surface area (Å²) in [5, 5.41) is 11.7. The zero-order valence-electron chi connectivity index (χ0n) is 18.7. The number of carbonyl (C=O) groups excluding carboxylic acids is 1. The van der Waals surface area contributed by atoms with Crippen LogP contribution >= 0.6 is 0 Å². The van der Waals surface area contributed by atoms with Crippen LogP contribution in [-0.4, -0.2) is 33.9 Å². The second-order valence-corrected chi connectivity index (χ2v) is 8.31. The highest BCUT2D eigenvalue weighted by molar-refractivity contribution is 6.16. The molecule has 1 aliphatic rings. The Hall–Kier alpha value is -3.05. The van der Waals surface area contributed by atoms with Crippen molar-refractivity contribution < 1.29 is 14.6 Å². The van der Waals surface area contributed by atoms with E-state index in [4.69, 9.17) is 4.74 Å². The van der Waals surface area contributed by atoms with Crippen molar-refractivity contribution in [1.82, 2.24) is 9.47 Å². The number of para-hydroxylation sites is 1. The number of ether oxygens (including phenoxy) is 1. The lowest BCUT2D eigenvalue weighted by Crippen LogP contribution is -2.19. The normalized spacial score (nSPS) is 14.6. The fraction of sp³-hybridized carbons (Fsp3) is 0.346. The molecule has 1 aliphatic heterocycles. The summed E-state index contributed by atoms with van der Waals surface area (Å²) in [5.41, 5.74) is 4.05. The molecule has 4 rings (SSSR count). The lowest BCUT2D eigenvalue weighted by molar-refractivity contribution is 0.101. The Bertz CT molecular complexity index is 1170. The van der Waals surface area contributed by atoms with Gasteiger partial charge in [-0.1, -0.05) is 31.5 Å². The molecule has 0 saturated heterocycles. The first-order valence-corrected chi connectivity index (χ1v) is 11.0. The van der Waals surface area contributed by atoms with Gasteiger partial charge < -0.3 is 19.3 Å². The van der Waals surface area contributed by atoms with Gasteiger partial charge in [0.1, 0.15) is 11.5 Å². The molecule has 0 bridgehead atoms. The van der Waals surface area contributed by atoms with Gasteiger partial charge in [0.2, 0.25) is 5.78 Å².